The van der Waals surface area contributed by atoms with E-state index in [1.807, 2.05) is 58.0 Å². The molecule has 0 spiro atoms. The third-order valence-corrected chi connectivity index (χ3v) is 7.35. The maximum Gasteiger partial charge on any atom is 0.255 e. The summed E-state index contributed by atoms with van der Waals surface area (Å²) >= 11 is 0. The second-order valence-electron chi connectivity index (χ2n) is 6.52. The molecule has 0 radical (unpaired) electrons. The number of amides is 2. The fourth-order valence-electron chi connectivity index (χ4n) is 2.91. The highest BCUT2D eigenvalue weighted by Gasteiger charge is 2.15. The zero-order valence-electron chi connectivity index (χ0n) is 15.1. The summed E-state index contributed by atoms with van der Waals surface area (Å²) in [5, 5.41) is 6.55. The normalized spacial score (nSPS) is 16.1. The van der Waals surface area contributed by atoms with Gasteiger partial charge in [-0.1, -0.05) is 52.3 Å². The Morgan fingerprint density at radius 3 is 2.48 bits per heavy atom. The maximum absolute atomic E-state index is 12.2. The molecule has 1 aliphatic rings. The summed E-state index contributed by atoms with van der Waals surface area (Å²) in [5.74, 6) is 1.12. The van der Waals surface area contributed by atoms with Crippen LogP contribution in [0.2, 0.25) is 0 Å². The van der Waals surface area contributed by atoms with Crippen LogP contribution in [0.5, 0.6) is 0 Å². The number of hydrogen-bond acceptors (Lipinski definition) is 4. The van der Waals surface area contributed by atoms with Crippen LogP contribution in [0, 0.1) is 0 Å². The number of benzene rings is 2. The molecule has 1 heterocycles. The summed E-state index contributed by atoms with van der Waals surface area (Å²) in [7, 11) is 3.95. The minimum Gasteiger partial charge on any atom is -0.326 e. The predicted molar refractivity (Wildman–Crippen MR) is 116 cm³/mol. The quantitative estimate of drug-likeness (QED) is 0.448. The van der Waals surface area contributed by atoms with Gasteiger partial charge in [0.15, 0.2) is 0 Å². The van der Waals surface area contributed by atoms with Gasteiger partial charge in [-0.2, -0.15) is 0 Å². The lowest BCUT2D eigenvalue weighted by Gasteiger charge is -2.10. The van der Waals surface area contributed by atoms with Gasteiger partial charge < -0.3 is 10.6 Å². The van der Waals surface area contributed by atoms with Crippen LogP contribution in [0.4, 0.5) is 11.4 Å². The molecule has 1 unspecified atom stereocenters. The Morgan fingerprint density at radius 1 is 0.963 bits per heavy atom. The molecule has 4 nitrogen and oxygen atoms in total. The highest BCUT2D eigenvalue weighted by molar-refractivity contribution is 8.77. The Kier molecular flexibility index (Phi) is 7.66. The number of hydrogen-bond donors (Lipinski definition) is 2. The smallest absolute Gasteiger partial charge is 0.255 e. The summed E-state index contributed by atoms with van der Waals surface area (Å²) < 4.78 is 0. The molecule has 6 heteroatoms. The second kappa shape index (κ2) is 10.4. The standard InChI is InChI=1S/C21H24N2O2S2/c24-20(12-5-4-11-19-13-14-26-27-19)22-17-9-6-10-18(15-17)23-21(25)16-7-2-1-3-8-16/h1-3,6-10,15,19H,4-5,11-14H2,(H,22,24)(H,23,25). The SMILES string of the molecule is O=C(CCCCC1CCSS1)Nc1cccc(NC(=O)c2ccccc2)c1. The van der Waals surface area contributed by atoms with Crippen LogP contribution in [0.3, 0.4) is 0 Å². The Morgan fingerprint density at radius 2 is 1.74 bits per heavy atom. The minimum absolute atomic E-state index is 0.0231. The molecule has 0 aromatic heterocycles. The highest BCUT2D eigenvalue weighted by atomic mass is 33.1. The average molecular weight is 401 g/mol. The Labute approximate surface area is 168 Å². The van der Waals surface area contributed by atoms with E-state index in [1.165, 1.54) is 18.6 Å². The van der Waals surface area contributed by atoms with Crippen LogP contribution in [0.15, 0.2) is 54.6 Å². The fourth-order valence-corrected chi connectivity index (χ4v) is 5.94. The number of carbonyl (C=O) groups excluding carboxylic acids is 2. The van der Waals surface area contributed by atoms with E-state index in [0.29, 0.717) is 23.4 Å². The van der Waals surface area contributed by atoms with Crippen molar-refractivity contribution in [2.45, 2.75) is 37.4 Å². The summed E-state index contributed by atoms with van der Waals surface area (Å²) in [6.45, 7) is 0. The molecule has 1 fully saturated rings. The topological polar surface area (TPSA) is 58.2 Å². The number of nitrogens with one attached hydrogen (secondary N) is 2. The van der Waals surface area contributed by atoms with E-state index in [4.69, 9.17) is 0 Å². The summed E-state index contributed by atoms with van der Waals surface area (Å²) in [4.78, 5) is 24.4. The van der Waals surface area contributed by atoms with Gasteiger partial charge in [-0.3, -0.25) is 9.59 Å². The van der Waals surface area contributed by atoms with Crippen LogP contribution < -0.4 is 10.6 Å². The van der Waals surface area contributed by atoms with E-state index in [9.17, 15) is 9.59 Å². The van der Waals surface area contributed by atoms with Crippen molar-refractivity contribution in [1.29, 1.82) is 0 Å². The zero-order chi connectivity index (χ0) is 18.9. The van der Waals surface area contributed by atoms with E-state index in [1.54, 1.807) is 18.2 Å². The van der Waals surface area contributed by atoms with Crippen LogP contribution in [0.25, 0.3) is 0 Å². The lowest BCUT2D eigenvalue weighted by Crippen LogP contribution is -2.13. The van der Waals surface area contributed by atoms with E-state index < -0.39 is 0 Å². The molecule has 142 valence electrons. The van der Waals surface area contributed by atoms with Crippen molar-refractivity contribution in [3.63, 3.8) is 0 Å². The second-order valence-corrected chi connectivity index (χ2v) is 9.31. The Balaban J connectivity index is 1.44. The molecule has 1 atom stereocenters. The van der Waals surface area contributed by atoms with Crippen molar-refractivity contribution in [1.82, 2.24) is 0 Å². The van der Waals surface area contributed by atoms with E-state index in [2.05, 4.69) is 10.6 Å². The summed E-state index contributed by atoms with van der Waals surface area (Å²) in [6, 6.07) is 16.3. The van der Waals surface area contributed by atoms with E-state index in [-0.39, 0.29) is 11.8 Å². The number of rotatable bonds is 8. The number of carbonyl (C=O) groups is 2. The molecule has 0 bridgehead atoms. The van der Waals surface area contributed by atoms with Gasteiger partial charge in [-0.25, -0.2) is 0 Å². The fraction of sp³-hybridized carbons (Fsp3) is 0.333. The van der Waals surface area contributed by atoms with Gasteiger partial charge in [-0.15, -0.1) is 0 Å². The molecule has 2 N–H and O–H groups in total. The molecule has 0 aliphatic carbocycles. The molecule has 2 aromatic rings. The van der Waals surface area contributed by atoms with Crippen molar-refractivity contribution < 1.29 is 9.59 Å². The van der Waals surface area contributed by atoms with Crippen LogP contribution >= 0.6 is 21.6 Å². The first kappa shape index (κ1) is 19.8. The first-order valence-electron chi connectivity index (χ1n) is 9.25. The Bertz CT molecular complexity index is 762. The highest BCUT2D eigenvalue weighted by Crippen LogP contribution is 2.39. The lowest BCUT2D eigenvalue weighted by molar-refractivity contribution is -0.116. The van der Waals surface area contributed by atoms with Gasteiger partial charge in [0.2, 0.25) is 5.91 Å². The third kappa shape index (κ3) is 6.63. The summed E-state index contributed by atoms with van der Waals surface area (Å²) in [5.41, 5.74) is 1.97. The van der Waals surface area contributed by atoms with E-state index >= 15 is 0 Å². The number of unbranched alkanes of at least 4 members (excludes halogenated alkanes) is 1. The monoisotopic (exact) mass is 400 g/mol. The largest absolute Gasteiger partial charge is 0.326 e. The van der Waals surface area contributed by atoms with Gasteiger partial charge >= 0.3 is 0 Å². The lowest BCUT2D eigenvalue weighted by atomic mass is 10.1. The van der Waals surface area contributed by atoms with Crippen LogP contribution in [-0.4, -0.2) is 22.8 Å². The minimum atomic E-state index is -0.165. The predicted octanol–water partition coefficient (Wildman–Crippen LogP) is 5.59. The molecule has 0 saturated carbocycles. The van der Waals surface area contributed by atoms with Gasteiger partial charge in [0, 0.05) is 34.4 Å². The average Bonchev–Trinajstić information content (AvgIpc) is 3.20. The van der Waals surface area contributed by atoms with Crippen LogP contribution in [-0.2, 0) is 4.79 Å². The molecule has 1 saturated heterocycles. The number of anilines is 2. The Hall–Kier alpha value is -1.92. The van der Waals surface area contributed by atoms with Crippen LogP contribution in [0.1, 0.15) is 42.5 Å². The molecule has 2 aromatic carbocycles. The van der Waals surface area contributed by atoms with Crippen molar-refractivity contribution in [2.75, 3.05) is 16.4 Å². The van der Waals surface area contributed by atoms with Crippen molar-refractivity contribution in [3.8, 4) is 0 Å². The van der Waals surface area contributed by atoms with Crippen molar-refractivity contribution >= 4 is 44.8 Å². The molecule has 1 aliphatic heterocycles. The molecule has 3 rings (SSSR count). The summed E-state index contributed by atoms with van der Waals surface area (Å²) in [6.07, 6.45) is 5.04. The van der Waals surface area contributed by atoms with Gasteiger partial charge in [0.05, 0.1) is 0 Å². The zero-order valence-corrected chi connectivity index (χ0v) is 16.8. The first-order valence-corrected chi connectivity index (χ1v) is 11.6. The van der Waals surface area contributed by atoms with Gasteiger partial charge in [-0.05, 0) is 49.6 Å². The third-order valence-electron chi connectivity index (χ3n) is 4.35. The first-order chi connectivity index (χ1) is 13.2. The van der Waals surface area contributed by atoms with E-state index in [0.717, 1.165) is 18.1 Å². The van der Waals surface area contributed by atoms with Gasteiger partial charge in [0.25, 0.3) is 5.91 Å². The molecule has 2 amide bonds. The molecular formula is C21H24N2O2S2. The molecule has 27 heavy (non-hydrogen) atoms. The maximum atomic E-state index is 12.2. The van der Waals surface area contributed by atoms with Gasteiger partial charge in [0.1, 0.15) is 0 Å². The molecular weight excluding hydrogens is 376 g/mol. The van der Waals surface area contributed by atoms with Crippen molar-refractivity contribution in [2.24, 2.45) is 0 Å². The van der Waals surface area contributed by atoms with Crippen molar-refractivity contribution in [3.05, 3.63) is 60.2 Å².